The van der Waals surface area contributed by atoms with E-state index in [4.69, 9.17) is 28.2 Å². The van der Waals surface area contributed by atoms with Crippen LogP contribution in [0.3, 0.4) is 0 Å². The van der Waals surface area contributed by atoms with Crippen LogP contribution >= 0.6 is 23.2 Å². The lowest BCUT2D eigenvalue weighted by atomic mass is 9.92. The zero-order valence-corrected chi connectivity index (χ0v) is 17.8. The van der Waals surface area contributed by atoms with E-state index in [9.17, 15) is 4.79 Å². The maximum Gasteiger partial charge on any atom is 0.245 e. The van der Waals surface area contributed by atoms with Crippen molar-refractivity contribution >= 4 is 51.6 Å². The summed E-state index contributed by atoms with van der Waals surface area (Å²) >= 11 is 12.1. The number of carbonyl (C=O) groups excluding carboxylic acids is 1. The Bertz CT molecular complexity index is 1100. The van der Waals surface area contributed by atoms with E-state index in [1.54, 1.807) is 12.1 Å². The number of nitrogens with one attached hydrogen (secondary N) is 1. The predicted molar refractivity (Wildman–Crippen MR) is 120 cm³/mol. The summed E-state index contributed by atoms with van der Waals surface area (Å²) < 4.78 is 0. The molecular weight excluding hydrogens is 421 g/mol. The Kier molecular flexibility index (Phi) is 6.16. The lowest BCUT2D eigenvalue weighted by Gasteiger charge is -2.31. The molecule has 3 aromatic rings. The second-order valence-electron chi connectivity index (χ2n) is 7.32. The molecule has 0 aliphatic carbocycles. The average molecular weight is 442 g/mol. The largest absolute Gasteiger partial charge is 0.339 e. The molecule has 6 nitrogen and oxygen atoms in total. The molecule has 1 aromatic carbocycles. The van der Waals surface area contributed by atoms with Crippen LogP contribution in [-0.4, -0.2) is 38.8 Å². The van der Waals surface area contributed by atoms with Crippen molar-refractivity contribution in [2.75, 3.05) is 18.4 Å². The first kappa shape index (κ1) is 20.6. The van der Waals surface area contributed by atoms with Crippen molar-refractivity contribution in [3.8, 4) is 0 Å². The molecule has 0 radical (unpaired) electrons. The van der Waals surface area contributed by atoms with E-state index >= 15 is 0 Å². The summed E-state index contributed by atoms with van der Waals surface area (Å²) in [6.45, 7) is 5.09. The molecule has 1 aliphatic heterocycles. The summed E-state index contributed by atoms with van der Waals surface area (Å²) in [5, 5.41) is 4.22. The van der Waals surface area contributed by atoms with E-state index in [-0.39, 0.29) is 5.91 Å². The number of pyridine rings is 1. The Labute approximate surface area is 184 Å². The number of amides is 1. The third kappa shape index (κ3) is 4.55. The summed E-state index contributed by atoms with van der Waals surface area (Å²) in [7, 11) is 0. The number of likely N-dealkylation sites (tertiary alicyclic amines) is 1. The summed E-state index contributed by atoms with van der Waals surface area (Å²) in [5.41, 5.74) is 3.24. The van der Waals surface area contributed by atoms with Gasteiger partial charge in [-0.25, -0.2) is 15.0 Å². The fourth-order valence-corrected chi connectivity index (χ4v) is 3.98. The highest BCUT2D eigenvalue weighted by Crippen LogP contribution is 2.29. The summed E-state index contributed by atoms with van der Waals surface area (Å²) in [6.07, 6.45) is 5.66. The van der Waals surface area contributed by atoms with Crippen molar-refractivity contribution in [2.24, 2.45) is 5.92 Å². The molecule has 1 saturated heterocycles. The number of aromatic nitrogens is 3. The van der Waals surface area contributed by atoms with Crippen LogP contribution < -0.4 is 5.32 Å². The van der Waals surface area contributed by atoms with Crippen molar-refractivity contribution in [3.63, 3.8) is 0 Å². The van der Waals surface area contributed by atoms with Gasteiger partial charge in [0, 0.05) is 24.5 Å². The number of carbonyl (C=O) groups is 1. The third-order valence-corrected chi connectivity index (χ3v) is 6.06. The van der Waals surface area contributed by atoms with E-state index < -0.39 is 0 Å². The topological polar surface area (TPSA) is 71.0 Å². The van der Waals surface area contributed by atoms with Gasteiger partial charge in [-0.3, -0.25) is 4.79 Å². The monoisotopic (exact) mass is 441 g/mol. The van der Waals surface area contributed by atoms with Gasteiger partial charge in [-0.15, -0.1) is 0 Å². The van der Waals surface area contributed by atoms with Crippen LogP contribution in [0.5, 0.6) is 0 Å². The van der Waals surface area contributed by atoms with Crippen molar-refractivity contribution in [3.05, 3.63) is 65.1 Å². The van der Waals surface area contributed by atoms with Crippen LogP contribution in [-0.2, 0) is 11.2 Å². The molecule has 3 heterocycles. The minimum absolute atomic E-state index is 0.00690. The van der Waals surface area contributed by atoms with Crippen molar-refractivity contribution in [1.29, 1.82) is 0 Å². The number of halogens is 2. The molecule has 1 amide bonds. The smallest absolute Gasteiger partial charge is 0.245 e. The molecule has 0 atom stereocenters. The highest BCUT2D eigenvalue weighted by atomic mass is 35.5. The van der Waals surface area contributed by atoms with Crippen LogP contribution in [0.2, 0.25) is 10.0 Å². The molecule has 1 N–H and O–H groups in total. The first-order valence-electron chi connectivity index (χ1n) is 9.77. The fourth-order valence-electron chi connectivity index (χ4n) is 3.68. The van der Waals surface area contributed by atoms with E-state index in [0.717, 1.165) is 49.2 Å². The van der Waals surface area contributed by atoms with Gasteiger partial charge in [0.15, 0.2) is 5.82 Å². The molecule has 0 saturated carbocycles. The molecule has 0 bridgehead atoms. The van der Waals surface area contributed by atoms with Crippen LogP contribution in [0.1, 0.15) is 18.5 Å². The summed E-state index contributed by atoms with van der Waals surface area (Å²) in [6, 6.07) is 9.30. The molecule has 4 rings (SSSR count). The second-order valence-corrected chi connectivity index (χ2v) is 8.14. The molecule has 30 heavy (non-hydrogen) atoms. The average Bonchev–Trinajstić information content (AvgIpc) is 2.77. The lowest BCUT2D eigenvalue weighted by molar-refractivity contribution is -0.127. The maximum absolute atomic E-state index is 11.8. The Hall–Kier alpha value is -2.70. The number of fused-ring (bicyclic) bond motifs is 1. The van der Waals surface area contributed by atoms with Crippen molar-refractivity contribution < 1.29 is 4.79 Å². The number of benzene rings is 1. The molecule has 8 heteroatoms. The standard InChI is InChI=1S/C22H21Cl2N5O/c1-2-20(30)29-9-7-14(8-10-29)11-15-4-6-19-21(27-15)22(26-13-25-19)28-16-3-5-17(23)18(24)12-16/h2-6,12-14H,1,7-11H2,(H,25,26,28). The van der Waals surface area contributed by atoms with Gasteiger partial charge >= 0.3 is 0 Å². The molecule has 2 aromatic heterocycles. The number of hydrogen-bond donors (Lipinski definition) is 1. The fraction of sp³-hybridized carbons (Fsp3) is 0.273. The van der Waals surface area contributed by atoms with Gasteiger partial charge in [0.2, 0.25) is 5.91 Å². The zero-order valence-electron chi connectivity index (χ0n) is 16.3. The summed E-state index contributed by atoms with van der Waals surface area (Å²) in [4.78, 5) is 27.1. The van der Waals surface area contributed by atoms with Gasteiger partial charge in [-0.2, -0.15) is 0 Å². The Morgan fingerprint density at radius 3 is 2.70 bits per heavy atom. The number of anilines is 2. The predicted octanol–water partition coefficient (Wildman–Crippen LogP) is 5.04. The van der Waals surface area contributed by atoms with Crippen LogP contribution in [0.4, 0.5) is 11.5 Å². The van der Waals surface area contributed by atoms with E-state index in [2.05, 4.69) is 21.9 Å². The van der Waals surface area contributed by atoms with Crippen LogP contribution in [0.15, 0.2) is 49.3 Å². The van der Waals surface area contributed by atoms with Gasteiger partial charge in [0.05, 0.1) is 15.6 Å². The third-order valence-electron chi connectivity index (χ3n) is 5.32. The van der Waals surface area contributed by atoms with Gasteiger partial charge in [-0.05, 0) is 61.6 Å². The number of nitrogens with zero attached hydrogens (tertiary/aromatic N) is 4. The highest BCUT2D eigenvalue weighted by molar-refractivity contribution is 6.42. The Balaban J connectivity index is 1.52. The molecular formula is C22H21Cl2N5O. The molecule has 154 valence electrons. The second kappa shape index (κ2) is 8.98. The maximum atomic E-state index is 11.8. The van der Waals surface area contributed by atoms with Gasteiger partial charge < -0.3 is 10.2 Å². The normalized spacial score (nSPS) is 14.7. The van der Waals surface area contributed by atoms with Gasteiger partial charge in [0.25, 0.3) is 0 Å². The first-order chi connectivity index (χ1) is 14.5. The quantitative estimate of drug-likeness (QED) is 0.561. The van der Waals surface area contributed by atoms with E-state index in [1.165, 1.54) is 12.4 Å². The number of piperidine rings is 1. The molecule has 1 fully saturated rings. The minimum Gasteiger partial charge on any atom is -0.339 e. The van der Waals surface area contributed by atoms with Crippen molar-refractivity contribution in [2.45, 2.75) is 19.3 Å². The zero-order chi connectivity index (χ0) is 21.1. The molecule has 0 spiro atoms. The minimum atomic E-state index is 0.00690. The summed E-state index contributed by atoms with van der Waals surface area (Å²) in [5.74, 6) is 1.11. The van der Waals surface area contributed by atoms with E-state index in [1.807, 2.05) is 23.1 Å². The van der Waals surface area contributed by atoms with Crippen LogP contribution in [0, 0.1) is 5.92 Å². The highest BCUT2D eigenvalue weighted by Gasteiger charge is 2.22. The Morgan fingerprint density at radius 2 is 1.97 bits per heavy atom. The van der Waals surface area contributed by atoms with Gasteiger partial charge in [0.1, 0.15) is 11.8 Å². The lowest BCUT2D eigenvalue weighted by Crippen LogP contribution is -2.37. The van der Waals surface area contributed by atoms with Crippen molar-refractivity contribution in [1.82, 2.24) is 19.9 Å². The van der Waals surface area contributed by atoms with E-state index in [0.29, 0.717) is 27.3 Å². The van der Waals surface area contributed by atoms with Crippen LogP contribution in [0.25, 0.3) is 11.0 Å². The number of rotatable bonds is 5. The SMILES string of the molecule is C=CC(=O)N1CCC(Cc2ccc3ncnc(Nc4ccc(Cl)c(Cl)c4)c3n2)CC1. The Morgan fingerprint density at radius 1 is 1.17 bits per heavy atom. The van der Waals surface area contributed by atoms with Gasteiger partial charge in [-0.1, -0.05) is 29.8 Å². The number of hydrogen-bond acceptors (Lipinski definition) is 5. The molecule has 1 aliphatic rings. The molecule has 0 unspecified atom stereocenters. The first-order valence-corrected chi connectivity index (χ1v) is 10.5.